The van der Waals surface area contributed by atoms with Crippen LogP contribution in [0.4, 0.5) is 4.39 Å². The van der Waals surface area contributed by atoms with Crippen molar-refractivity contribution >= 4 is 5.91 Å². The first-order valence-electron chi connectivity index (χ1n) is 12.9. The second-order valence-corrected chi connectivity index (χ2v) is 10.6. The molecule has 0 saturated heterocycles. The SMILES string of the molecule is C=C(N)[C@@]1(C)COc2c1cc([C@@](C)(O)CNC(=O)c1ccc(-c3cnoc3C)c(OC)c1)nc2-c1ccc(F)cc1. The second kappa shape index (κ2) is 10.4. The number of pyridine rings is 1. The van der Waals surface area contributed by atoms with Crippen molar-refractivity contribution in [3.8, 4) is 33.9 Å². The molecule has 4 aromatic rings. The first kappa shape index (κ1) is 27.9. The van der Waals surface area contributed by atoms with E-state index in [1.54, 1.807) is 56.4 Å². The van der Waals surface area contributed by atoms with Gasteiger partial charge in [0, 0.05) is 33.5 Å². The molecule has 0 radical (unpaired) electrons. The standard InChI is InChI=1S/C31H31FN4O5/c1-17-23(14-35-41-17)22-11-8-20(12-25(22)39-5)29(37)34-15-31(4,38)26-13-24-28(40-16-30(24,3)18(2)33)27(36-26)19-6-9-21(32)10-7-19/h6-14,38H,2,15-16,33H2,1,3-5H3,(H,34,37)/t30-,31+/m1/s1. The van der Waals surface area contributed by atoms with Crippen LogP contribution in [0.15, 0.2) is 71.5 Å². The molecule has 1 amide bonds. The molecular formula is C31H31FN4O5. The number of carbonyl (C=O) groups is 1. The van der Waals surface area contributed by atoms with Crippen molar-refractivity contribution in [3.63, 3.8) is 0 Å². The predicted molar refractivity (Wildman–Crippen MR) is 151 cm³/mol. The Balaban J connectivity index is 1.45. The number of methoxy groups -OCH3 is 1. The second-order valence-electron chi connectivity index (χ2n) is 10.6. The third kappa shape index (κ3) is 5.02. The number of rotatable bonds is 8. The molecule has 0 bridgehead atoms. The van der Waals surface area contributed by atoms with E-state index in [-0.39, 0.29) is 18.8 Å². The van der Waals surface area contributed by atoms with Gasteiger partial charge in [0.05, 0.1) is 31.0 Å². The highest BCUT2D eigenvalue weighted by atomic mass is 19.1. The molecule has 1 aliphatic rings. The molecule has 2 aromatic heterocycles. The summed E-state index contributed by atoms with van der Waals surface area (Å²) in [6.45, 7) is 9.26. The van der Waals surface area contributed by atoms with E-state index in [0.29, 0.717) is 45.3 Å². The monoisotopic (exact) mass is 558 g/mol. The minimum Gasteiger partial charge on any atom is -0.496 e. The fourth-order valence-electron chi connectivity index (χ4n) is 4.79. The van der Waals surface area contributed by atoms with Crippen LogP contribution in [0.2, 0.25) is 0 Å². The van der Waals surface area contributed by atoms with Gasteiger partial charge in [0.25, 0.3) is 5.91 Å². The fraction of sp³-hybridized carbons (Fsp3) is 0.258. The lowest BCUT2D eigenvalue weighted by Gasteiger charge is -2.27. The highest BCUT2D eigenvalue weighted by Gasteiger charge is 2.42. The number of amides is 1. The Morgan fingerprint density at radius 3 is 2.61 bits per heavy atom. The summed E-state index contributed by atoms with van der Waals surface area (Å²) in [5.74, 6) is 0.781. The van der Waals surface area contributed by atoms with Gasteiger partial charge < -0.3 is 30.2 Å². The Kier molecular flexibility index (Phi) is 7.04. The number of fused-ring (bicyclic) bond motifs is 1. The Labute approximate surface area is 236 Å². The van der Waals surface area contributed by atoms with Crippen LogP contribution in [0, 0.1) is 12.7 Å². The van der Waals surface area contributed by atoms with E-state index in [2.05, 4.69) is 17.1 Å². The number of aromatic nitrogens is 2. The van der Waals surface area contributed by atoms with Crippen molar-refractivity contribution in [1.29, 1.82) is 0 Å². The predicted octanol–water partition coefficient (Wildman–Crippen LogP) is 4.62. The Bertz CT molecular complexity index is 1650. The first-order chi connectivity index (χ1) is 19.4. The minimum absolute atomic E-state index is 0.156. The number of nitrogens with one attached hydrogen (secondary N) is 1. The van der Waals surface area contributed by atoms with Crippen LogP contribution in [-0.4, -0.2) is 41.4 Å². The average molecular weight is 559 g/mol. The number of halogens is 1. The Morgan fingerprint density at radius 2 is 1.98 bits per heavy atom. The van der Waals surface area contributed by atoms with Gasteiger partial charge in [-0.3, -0.25) is 4.79 Å². The summed E-state index contributed by atoms with van der Waals surface area (Å²) >= 11 is 0. The van der Waals surface area contributed by atoms with E-state index >= 15 is 0 Å². The van der Waals surface area contributed by atoms with E-state index in [1.165, 1.54) is 19.2 Å². The van der Waals surface area contributed by atoms with Crippen molar-refractivity contribution in [1.82, 2.24) is 15.5 Å². The molecule has 4 N–H and O–H groups in total. The lowest BCUT2D eigenvalue weighted by molar-refractivity contribution is 0.0489. The Hall–Kier alpha value is -4.70. The third-order valence-corrected chi connectivity index (χ3v) is 7.55. The molecule has 212 valence electrons. The van der Waals surface area contributed by atoms with Crippen LogP contribution in [0.25, 0.3) is 22.4 Å². The largest absolute Gasteiger partial charge is 0.496 e. The molecule has 5 rings (SSSR count). The van der Waals surface area contributed by atoms with Gasteiger partial charge in [-0.05, 0) is 69.3 Å². The summed E-state index contributed by atoms with van der Waals surface area (Å²) in [4.78, 5) is 17.9. The van der Waals surface area contributed by atoms with Gasteiger partial charge >= 0.3 is 0 Å². The van der Waals surface area contributed by atoms with Crippen molar-refractivity contribution in [2.45, 2.75) is 31.8 Å². The van der Waals surface area contributed by atoms with Crippen LogP contribution in [-0.2, 0) is 11.0 Å². The molecule has 0 aliphatic carbocycles. The quantitative estimate of drug-likeness (QED) is 0.285. The topological polar surface area (TPSA) is 133 Å². The molecule has 0 unspecified atom stereocenters. The minimum atomic E-state index is -1.59. The number of hydrogen-bond donors (Lipinski definition) is 3. The lowest BCUT2D eigenvalue weighted by atomic mass is 9.80. The molecule has 3 heterocycles. The number of carbonyl (C=O) groups excluding carboxylic acids is 1. The van der Waals surface area contributed by atoms with E-state index in [0.717, 1.165) is 11.1 Å². The molecule has 0 saturated carbocycles. The summed E-state index contributed by atoms with van der Waals surface area (Å²) in [5, 5.41) is 18.2. The molecule has 1 aliphatic heterocycles. The van der Waals surface area contributed by atoms with E-state index < -0.39 is 22.7 Å². The number of hydrogen-bond acceptors (Lipinski definition) is 8. The summed E-state index contributed by atoms with van der Waals surface area (Å²) in [5.41, 5.74) is 8.08. The molecule has 41 heavy (non-hydrogen) atoms. The zero-order chi connectivity index (χ0) is 29.5. The highest BCUT2D eigenvalue weighted by Crippen LogP contribution is 2.47. The number of nitrogens with two attached hydrogens (primary N) is 1. The normalized spacial score (nSPS) is 17.3. The van der Waals surface area contributed by atoms with Crippen molar-refractivity contribution < 1.29 is 28.3 Å². The summed E-state index contributed by atoms with van der Waals surface area (Å²) in [7, 11) is 1.51. The van der Waals surface area contributed by atoms with Gasteiger partial charge in [-0.25, -0.2) is 9.37 Å². The number of nitrogens with zero attached hydrogens (tertiary/aromatic N) is 2. The van der Waals surface area contributed by atoms with Crippen molar-refractivity contribution in [2.24, 2.45) is 5.73 Å². The third-order valence-electron chi connectivity index (χ3n) is 7.55. The zero-order valence-electron chi connectivity index (χ0n) is 23.2. The molecule has 9 nitrogen and oxygen atoms in total. The van der Waals surface area contributed by atoms with Crippen LogP contribution in [0.3, 0.4) is 0 Å². The summed E-state index contributed by atoms with van der Waals surface area (Å²) in [6.07, 6.45) is 1.59. The number of aliphatic hydroxyl groups is 1. The maximum atomic E-state index is 13.7. The van der Waals surface area contributed by atoms with Crippen LogP contribution < -0.4 is 20.5 Å². The zero-order valence-corrected chi connectivity index (χ0v) is 23.2. The number of ether oxygens (including phenoxy) is 2. The van der Waals surface area contributed by atoms with Crippen LogP contribution in [0.5, 0.6) is 11.5 Å². The fourth-order valence-corrected chi connectivity index (χ4v) is 4.79. The number of benzene rings is 2. The smallest absolute Gasteiger partial charge is 0.251 e. The molecule has 2 aromatic carbocycles. The average Bonchev–Trinajstić information content (AvgIpc) is 3.55. The maximum Gasteiger partial charge on any atom is 0.251 e. The van der Waals surface area contributed by atoms with E-state index in [4.69, 9.17) is 24.7 Å². The van der Waals surface area contributed by atoms with Gasteiger partial charge in [0.2, 0.25) is 0 Å². The molecule has 2 atom stereocenters. The van der Waals surface area contributed by atoms with Crippen LogP contribution in [0.1, 0.15) is 41.2 Å². The van der Waals surface area contributed by atoms with Gasteiger partial charge in [0.15, 0.2) is 0 Å². The summed E-state index contributed by atoms with van der Waals surface area (Å²) < 4.78 is 30.4. The molecule has 0 spiro atoms. The Morgan fingerprint density at radius 1 is 1.24 bits per heavy atom. The first-order valence-corrected chi connectivity index (χ1v) is 12.9. The van der Waals surface area contributed by atoms with Crippen molar-refractivity contribution in [3.05, 3.63) is 95.4 Å². The van der Waals surface area contributed by atoms with Gasteiger partial charge in [-0.2, -0.15) is 0 Å². The van der Waals surface area contributed by atoms with Crippen LogP contribution >= 0.6 is 0 Å². The molecule has 0 fully saturated rings. The number of aryl methyl sites for hydroxylation is 1. The lowest BCUT2D eigenvalue weighted by Crippen LogP contribution is -2.39. The van der Waals surface area contributed by atoms with Gasteiger partial charge in [-0.15, -0.1) is 0 Å². The maximum absolute atomic E-state index is 13.7. The van der Waals surface area contributed by atoms with Gasteiger partial charge in [0.1, 0.15) is 41.0 Å². The highest BCUT2D eigenvalue weighted by molar-refractivity contribution is 5.95. The van der Waals surface area contributed by atoms with E-state index in [1.807, 2.05) is 6.92 Å². The van der Waals surface area contributed by atoms with Gasteiger partial charge in [-0.1, -0.05) is 11.7 Å². The van der Waals surface area contributed by atoms with E-state index in [9.17, 15) is 14.3 Å². The molecular weight excluding hydrogens is 527 g/mol. The van der Waals surface area contributed by atoms with Crippen molar-refractivity contribution in [2.75, 3.05) is 20.3 Å². The molecule has 10 heteroatoms. The summed E-state index contributed by atoms with van der Waals surface area (Å²) in [6, 6.07) is 12.6.